The summed E-state index contributed by atoms with van der Waals surface area (Å²) in [5, 5.41) is 0. The number of para-hydroxylation sites is 1. The molecule has 0 spiro atoms. The molecular weight excluding hydrogens is 188 g/mol. The maximum Gasteiger partial charge on any atom is 0.225 e. The van der Waals surface area contributed by atoms with Crippen molar-refractivity contribution < 1.29 is 4.79 Å². The Balaban J connectivity index is 2.04. The monoisotopic (exact) mass is 198 g/mol. The van der Waals surface area contributed by atoms with Crippen LogP contribution in [0.1, 0.15) is 5.56 Å². The quantitative estimate of drug-likeness (QED) is 0.687. The zero-order valence-corrected chi connectivity index (χ0v) is 8.34. The van der Waals surface area contributed by atoms with Gasteiger partial charge in [-0.2, -0.15) is 0 Å². The zero-order chi connectivity index (χ0) is 10.4. The van der Waals surface area contributed by atoms with Crippen molar-refractivity contribution in [1.29, 1.82) is 0 Å². The number of fused-ring (bicyclic) bond motifs is 1. The lowest BCUT2D eigenvalue weighted by Gasteiger charge is -2.36. The van der Waals surface area contributed by atoms with Crippen molar-refractivity contribution in [3.05, 3.63) is 42.1 Å². The molecule has 0 aliphatic carbocycles. The van der Waals surface area contributed by atoms with Gasteiger partial charge in [-0.05, 0) is 24.6 Å². The van der Waals surface area contributed by atoms with Gasteiger partial charge in [0, 0.05) is 11.9 Å². The van der Waals surface area contributed by atoms with Crippen LogP contribution in [-0.4, -0.2) is 17.7 Å². The van der Waals surface area contributed by atoms with Gasteiger partial charge in [0.1, 0.15) is 5.71 Å². The first kappa shape index (κ1) is 8.41. The van der Waals surface area contributed by atoms with Gasteiger partial charge in [-0.3, -0.25) is 4.79 Å². The molecule has 1 unspecified atom stereocenters. The van der Waals surface area contributed by atoms with E-state index in [-0.39, 0.29) is 11.9 Å². The van der Waals surface area contributed by atoms with E-state index in [1.54, 1.807) is 6.08 Å². The number of rotatable bonds is 1. The van der Waals surface area contributed by atoms with Crippen molar-refractivity contribution >= 4 is 17.2 Å². The minimum absolute atomic E-state index is 0.126. The average molecular weight is 198 g/mol. The summed E-state index contributed by atoms with van der Waals surface area (Å²) in [5.41, 5.74) is 2.81. The van der Waals surface area contributed by atoms with Crippen LogP contribution in [0.5, 0.6) is 0 Å². The number of carbonyl (C=O) groups excluding carboxylic acids is 1. The maximum absolute atomic E-state index is 11.5. The number of Topliss-reactive ketones (excluding diaryl/α,β-unsaturated/α-hetero) is 1. The van der Waals surface area contributed by atoms with Crippen molar-refractivity contribution in [3.8, 4) is 0 Å². The molecule has 3 heteroatoms. The standard InChI is InChI=1S/C12H10N2O/c1-8-4-2-3-5-10(8)14-7-6-9-11(15)12(14)13-9/h2-7,12H,1H3. The summed E-state index contributed by atoms with van der Waals surface area (Å²) in [6, 6.07) is 8.00. The summed E-state index contributed by atoms with van der Waals surface area (Å²) in [6.07, 6.45) is 3.39. The number of hydrogen-bond donors (Lipinski definition) is 0. The minimum atomic E-state index is -0.314. The Morgan fingerprint density at radius 2 is 2.13 bits per heavy atom. The van der Waals surface area contributed by atoms with Crippen LogP contribution in [0.3, 0.4) is 0 Å². The highest BCUT2D eigenvalue weighted by atomic mass is 16.1. The molecular formula is C12H10N2O. The Kier molecular flexibility index (Phi) is 1.57. The predicted octanol–water partition coefficient (Wildman–Crippen LogP) is 1.68. The van der Waals surface area contributed by atoms with E-state index in [1.165, 1.54) is 0 Å². The second-order valence-electron chi connectivity index (χ2n) is 3.76. The smallest absolute Gasteiger partial charge is 0.225 e. The molecule has 0 fully saturated rings. The lowest BCUT2D eigenvalue weighted by atomic mass is 10.0. The fraction of sp³-hybridized carbons (Fsp3) is 0.167. The van der Waals surface area contributed by atoms with Gasteiger partial charge in [-0.15, -0.1) is 0 Å². The highest BCUT2D eigenvalue weighted by molar-refractivity contribution is 6.52. The number of hydrogen-bond acceptors (Lipinski definition) is 3. The summed E-state index contributed by atoms with van der Waals surface area (Å²) in [7, 11) is 0. The van der Waals surface area contributed by atoms with Crippen molar-refractivity contribution in [2.24, 2.45) is 4.99 Å². The molecule has 1 aromatic carbocycles. The molecule has 0 saturated heterocycles. The summed E-state index contributed by atoms with van der Waals surface area (Å²) in [5.74, 6) is 0.126. The highest BCUT2D eigenvalue weighted by Crippen LogP contribution is 2.29. The zero-order valence-electron chi connectivity index (χ0n) is 8.34. The Labute approximate surface area is 87.7 Å². The lowest BCUT2D eigenvalue weighted by molar-refractivity contribution is -0.115. The second-order valence-corrected chi connectivity index (χ2v) is 3.76. The fourth-order valence-corrected chi connectivity index (χ4v) is 1.93. The molecule has 3 aliphatic rings. The molecule has 0 aromatic heterocycles. The molecule has 0 saturated carbocycles. The highest BCUT2D eigenvalue weighted by Gasteiger charge is 2.38. The summed E-state index contributed by atoms with van der Waals surface area (Å²) in [6.45, 7) is 2.03. The predicted molar refractivity (Wildman–Crippen MR) is 59.0 cm³/mol. The molecule has 0 amide bonds. The largest absolute Gasteiger partial charge is 0.318 e. The van der Waals surface area contributed by atoms with Crippen LogP contribution in [0.25, 0.3) is 0 Å². The molecule has 15 heavy (non-hydrogen) atoms. The summed E-state index contributed by atoms with van der Waals surface area (Å²) < 4.78 is 0. The lowest BCUT2D eigenvalue weighted by Crippen LogP contribution is -2.51. The second kappa shape index (κ2) is 2.79. The number of nitrogens with zero attached hydrogens (tertiary/aromatic N) is 2. The molecule has 4 rings (SSSR count). The molecule has 1 aromatic rings. The summed E-state index contributed by atoms with van der Waals surface area (Å²) in [4.78, 5) is 17.6. The van der Waals surface area contributed by atoms with Gasteiger partial charge in [0.05, 0.1) is 0 Å². The molecule has 0 N–H and O–H groups in total. The van der Waals surface area contributed by atoms with Crippen LogP contribution in [-0.2, 0) is 4.79 Å². The van der Waals surface area contributed by atoms with Crippen molar-refractivity contribution in [2.75, 3.05) is 4.90 Å². The number of carbonyl (C=O) groups is 1. The first-order valence-corrected chi connectivity index (χ1v) is 4.91. The van der Waals surface area contributed by atoms with Crippen molar-refractivity contribution in [3.63, 3.8) is 0 Å². The topological polar surface area (TPSA) is 32.7 Å². The van der Waals surface area contributed by atoms with E-state index in [1.807, 2.05) is 42.3 Å². The van der Waals surface area contributed by atoms with Gasteiger partial charge in [-0.25, -0.2) is 4.99 Å². The van der Waals surface area contributed by atoms with Crippen LogP contribution in [0, 0.1) is 6.92 Å². The van der Waals surface area contributed by atoms with Gasteiger partial charge in [0.25, 0.3) is 0 Å². The molecule has 74 valence electrons. The Bertz CT molecular complexity index is 502. The SMILES string of the molecule is Cc1ccccc1N1C=CC2=NC1C2=O. The van der Waals surface area contributed by atoms with Crippen LogP contribution in [0.4, 0.5) is 5.69 Å². The average Bonchev–Trinajstić information content (AvgIpc) is 2.29. The number of benzene rings is 1. The molecule has 1 atom stereocenters. The molecule has 3 heterocycles. The van der Waals surface area contributed by atoms with E-state index < -0.39 is 0 Å². The van der Waals surface area contributed by atoms with E-state index in [9.17, 15) is 4.79 Å². The van der Waals surface area contributed by atoms with E-state index in [0.717, 1.165) is 11.3 Å². The first-order valence-electron chi connectivity index (χ1n) is 4.91. The van der Waals surface area contributed by atoms with Gasteiger partial charge < -0.3 is 4.90 Å². The number of aliphatic imine (C=N–C) groups is 1. The molecule has 3 nitrogen and oxygen atoms in total. The van der Waals surface area contributed by atoms with Crippen molar-refractivity contribution in [1.82, 2.24) is 0 Å². The third-order valence-corrected chi connectivity index (χ3v) is 2.80. The van der Waals surface area contributed by atoms with Gasteiger partial charge in [-0.1, -0.05) is 18.2 Å². The first-order chi connectivity index (χ1) is 7.27. The van der Waals surface area contributed by atoms with Gasteiger partial charge in [0.2, 0.25) is 5.78 Å². The third kappa shape index (κ3) is 1.06. The fourth-order valence-electron chi connectivity index (χ4n) is 1.93. The Morgan fingerprint density at radius 3 is 2.80 bits per heavy atom. The summed E-state index contributed by atoms with van der Waals surface area (Å²) >= 11 is 0. The number of ketones is 1. The number of anilines is 1. The number of allylic oxidation sites excluding steroid dienone is 1. The third-order valence-electron chi connectivity index (χ3n) is 2.80. The van der Waals surface area contributed by atoms with Crippen LogP contribution < -0.4 is 4.90 Å². The van der Waals surface area contributed by atoms with Crippen molar-refractivity contribution in [2.45, 2.75) is 13.1 Å². The van der Waals surface area contributed by atoms with E-state index >= 15 is 0 Å². The molecule has 2 bridgehead atoms. The maximum atomic E-state index is 11.5. The molecule has 0 radical (unpaired) electrons. The van der Waals surface area contributed by atoms with E-state index in [4.69, 9.17) is 0 Å². The van der Waals surface area contributed by atoms with Crippen LogP contribution in [0.2, 0.25) is 0 Å². The van der Waals surface area contributed by atoms with Crippen LogP contribution >= 0.6 is 0 Å². The Morgan fingerprint density at radius 1 is 1.33 bits per heavy atom. The minimum Gasteiger partial charge on any atom is -0.318 e. The van der Waals surface area contributed by atoms with E-state index in [0.29, 0.717) is 5.71 Å². The van der Waals surface area contributed by atoms with Gasteiger partial charge in [0.15, 0.2) is 6.17 Å². The van der Waals surface area contributed by atoms with Crippen LogP contribution in [0.15, 0.2) is 41.5 Å². The molecule has 3 aliphatic heterocycles. The van der Waals surface area contributed by atoms with Gasteiger partial charge >= 0.3 is 0 Å². The van der Waals surface area contributed by atoms with E-state index in [2.05, 4.69) is 4.99 Å². The normalized spacial score (nSPS) is 22.5. The number of aryl methyl sites for hydroxylation is 1. The Hall–Kier alpha value is -1.90.